The molecule has 0 amide bonds. The average molecular weight is 286 g/mol. The molecule has 0 aromatic heterocycles. The van der Waals surface area contributed by atoms with Crippen molar-refractivity contribution in [1.82, 2.24) is 4.72 Å². The zero-order valence-corrected chi connectivity index (χ0v) is 11.8. The fourth-order valence-corrected chi connectivity index (χ4v) is 2.47. The van der Waals surface area contributed by atoms with Gasteiger partial charge in [0.1, 0.15) is 4.90 Å². The topological polar surface area (TPSA) is 95.5 Å². The van der Waals surface area contributed by atoms with Gasteiger partial charge in [-0.25, -0.2) is 17.9 Å². The van der Waals surface area contributed by atoms with Gasteiger partial charge in [0.15, 0.2) is 0 Å². The van der Waals surface area contributed by atoms with Gasteiger partial charge in [0, 0.05) is 6.54 Å². The molecule has 0 aliphatic carbocycles. The highest BCUT2D eigenvalue weighted by Gasteiger charge is 2.18. The quantitative estimate of drug-likeness (QED) is 0.660. The van der Waals surface area contributed by atoms with Gasteiger partial charge in [-0.1, -0.05) is 13.3 Å². The van der Waals surface area contributed by atoms with E-state index in [1.54, 1.807) is 0 Å². The Hall–Kier alpha value is -1.60. The first-order valence-electron chi connectivity index (χ1n) is 5.97. The highest BCUT2D eigenvalue weighted by molar-refractivity contribution is 7.89. The van der Waals surface area contributed by atoms with Crippen LogP contribution in [0.2, 0.25) is 0 Å². The number of anilines is 1. The maximum atomic E-state index is 11.9. The van der Waals surface area contributed by atoms with E-state index < -0.39 is 16.0 Å². The summed E-state index contributed by atoms with van der Waals surface area (Å²) in [6.07, 6.45) is 1.88. The Labute approximate surface area is 112 Å². The van der Waals surface area contributed by atoms with Crippen LogP contribution in [0.4, 0.5) is 5.69 Å². The van der Waals surface area contributed by atoms with Crippen molar-refractivity contribution in [3.63, 3.8) is 0 Å². The molecule has 0 aliphatic heterocycles. The number of rotatable bonds is 7. The second-order valence-electron chi connectivity index (χ2n) is 4.00. The smallest absolute Gasteiger partial charge is 0.335 e. The minimum absolute atomic E-state index is 0.0500. The molecule has 0 fully saturated rings. The molecule has 6 nitrogen and oxygen atoms in total. The molecule has 0 saturated carbocycles. The van der Waals surface area contributed by atoms with Gasteiger partial charge < -0.3 is 10.4 Å². The number of hydrogen-bond donors (Lipinski definition) is 3. The number of aromatic carboxylic acids is 1. The van der Waals surface area contributed by atoms with E-state index >= 15 is 0 Å². The molecule has 0 aliphatic rings. The van der Waals surface area contributed by atoms with Gasteiger partial charge in [-0.05, 0) is 31.7 Å². The summed E-state index contributed by atoms with van der Waals surface area (Å²) in [5, 5.41) is 11.9. The molecule has 0 unspecified atom stereocenters. The molecule has 19 heavy (non-hydrogen) atoms. The zero-order valence-electron chi connectivity index (χ0n) is 10.9. The summed E-state index contributed by atoms with van der Waals surface area (Å²) in [5.74, 6) is -1.16. The Morgan fingerprint density at radius 2 is 2.05 bits per heavy atom. The van der Waals surface area contributed by atoms with E-state index in [4.69, 9.17) is 5.11 Å². The second kappa shape index (κ2) is 6.53. The first-order chi connectivity index (χ1) is 8.92. The van der Waals surface area contributed by atoms with E-state index in [9.17, 15) is 13.2 Å². The molecule has 0 spiro atoms. The Bertz CT molecular complexity index is 555. The fraction of sp³-hybridized carbons (Fsp3) is 0.417. The van der Waals surface area contributed by atoms with Gasteiger partial charge in [0.05, 0.1) is 11.3 Å². The zero-order chi connectivity index (χ0) is 14.5. The van der Waals surface area contributed by atoms with Gasteiger partial charge in [-0.3, -0.25) is 0 Å². The molecule has 0 atom stereocenters. The standard InChI is InChI=1S/C12H18N2O4S/c1-3-4-7-14-10-6-5-9(12(15)16)8-11(10)19(17,18)13-2/h5-6,8,13-14H,3-4,7H2,1-2H3,(H,15,16). The summed E-state index contributed by atoms with van der Waals surface area (Å²) in [5.41, 5.74) is 0.350. The van der Waals surface area contributed by atoms with Gasteiger partial charge in [-0.15, -0.1) is 0 Å². The number of sulfonamides is 1. The van der Waals surface area contributed by atoms with E-state index in [0.717, 1.165) is 18.9 Å². The highest BCUT2D eigenvalue weighted by atomic mass is 32.2. The minimum atomic E-state index is -3.70. The number of nitrogens with one attached hydrogen (secondary N) is 2. The Kier molecular flexibility index (Phi) is 5.31. The maximum absolute atomic E-state index is 11.9. The molecular formula is C12H18N2O4S. The van der Waals surface area contributed by atoms with Crippen LogP contribution >= 0.6 is 0 Å². The lowest BCUT2D eigenvalue weighted by atomic mass is 10.2. The van der Waals surface area contributed by atoms with E-state index in [1.165, 1.54) is 19.2 Å². The normalized spacial score (nSPS) is 11.3. The van der Waals surface area contributed by atoms with E-state index in [2.05, 4.69) is 10.0 Å². The summed E-state index contributed by atoms with van der Waals surface area (Å²) in [7, 11) is -2.41. The van der Waals surface area contributed by atoms with Crippen LogP contribution in [0.5, 0.6) is 0 Å². The van der Waals surface area contributed by atoms with Crippen molar-refractivity contribution < 1.29 is 18.3 Å². The fourth-order valence-electron chi connectivity index (χ4n) is 1.53. The van der Waals surface area contributed by atoms with Crippen LogP contribution in [0.25, 0.3) is 0 Å². The van der Waals surface area contributed by atoms with Crippen molar-refractivity contribution >= 4 is 21.7 Å². The summed E-state index contributed by atoms with van der Waals surface area (Å²) >= 11 is 0. The van der Waals surface area contributed by atoms with Gasteiger partial charge in [0.25, 0.3) is 0 Å². The Balaban J connectivity index is 3.19. The lowest BCUT2D eigenvalue weighted by Gasteiger charge is -2.12. The number of hydrogen-bond acceptors (Lipinski definition) is 4. The molecule has 0 radical (unpaired) electrons. The van der Waals surface area contributed by atoms with Crippen LogP contribution in [0, 0.1) is 0 Å². The number of carbonyl (C=O) groups is 1. The predicted molar refractivity (Wildman–Crippen MR) is 73.0 cm³/mol. The second-order valence-corrected chi connectivity index (χ2v) is 5.86. The van der Waals surface area contributed by atoms with Crippen molar-refractivity contribution in [3.05, 3.63) is 23.8 Å². The molecule has 1 aromatic rings. The van der Waals surface area contributed by atoms with Crippen LogP contribution in [-0.4, -0.2) is 33.1 Å². The van der Waals surface area contributed by atoms with Crippen molar-refractivity contribution in [3.8, 4) is 0 Å². The SMILES string of the molecule is CCCCNc1ccc(C(=O)O)cc1S(=O)(=O)NC. The third-order valence-corrected chi connectivity index (χ3v) is 4.09. The third-order valence-electron chi connectivity index (χ3n) is 2.63. The van der Waals surface area contributed by atoms with Crippen molar-refractivity contribution in [2.45, 2.75) is 24.7 Å². The van der Waals surface area contributed by atoms with E-state index in [-0.39, 0.29) is 10.5 Å². The molecule has 1 aromatic carbocycles. The molecule has 106 valence electrons. The van der Waals surface area contributed by atoms with Crippen LogP contribution in [0.15, 0.2) is 23.1 Å². The van der Waals surface area contributed by atoms with Crippen molar-refractivity contribution in [2.24, 2.45) is 0 Å². The maximum Gasteiger partial charge on any atom is 0.335 e. The van der Waals surface area contributed by atoms with E-state index in [0.29, 0.717) is 12.2 Å². The highest BCUT2D eigenvalue weighted by Crippen LogP contribution is 2.22. The molecular weight excluding hydrogens is 268 g/mol. The molecule has 0 saturated heterocycles. The average Bonchev–Trinajstić information content (AvgIpc) is 2.39. The lowest BCUT2D eigenvalue weighted by molar-refractivity contribution is 0.0696. The first-order valence-corrected chi connectivity index (χ1v) is 7.45. The molecule has 0 heterocycles. The number of unbranched alkanes of at least 4 members (excludes halogenated alkanes) is 1. The van der Waals surface area contributed by atoms with Crippen LogP contribution < -0.4 is 10.0 Å². The van der Waals surface area contributed by atoms with Crippen molar-refractivity contribution in [2.75, 3.05) is 18.9 Å². The number of carboxylic acids is 1. The summed E-state index contributed by atoms with van der Waals surface area (Å²) in [6, 6.07) is 4.01. The summed E-state index contributed by atoms with van der Waals surface area (Å²) in [4.78, 5) is 10.9. The minimum Gasteiger partial charge on any atom is -0.478 e. The summed E-state index contributed by atoms with van der Waals surface area (Å²) in [6.45, 7) is 2.66. The third kappa shape index (κ3) is 3.93. The molecule has 1 rings (SSSR count). The molecule has 3 N–H and O–H groups in total. The van der Waals surface area contributed by atoms with E-state index in [1.807, 2.05) is 6.92 Å². The van der Waals surface area contributed by atoms with Crippen molar-refractivity contribution in [1.29, 1.82) is 0 Å². The number of carboxylic acid groups (broad SMARTS) is 1. The van der Waals surface area contributed by atoms with Gasteiger partial charge >= 0.3 is 5.97 Å². The number of benzene rings is 1. The lowest BCUT2D eigenvalue weighted by Crippen LogP contribution is -2.21. The van der Waals surface area contributed by atoms with Crippen LogP contribution in [-0.2, 0) is 10.0 Å². The van der Waals surface area contributed by atoms with Crippen LogP contribution in [0.3, 0.4) is 0 Å². The summed E-state index contributed by atoms with van der Waals surface area (Å²) < 4.78 is 26.0. The monoisotopic (exact) mass is 286 g/mol. The molecule has 7 heteroatoms. The van der Waals surface area contributed by atoms with Crippen LogP contribution in [0.1, 0.15) is 30.1 Å². The van der Waals surface area contributed by atoms with Gasteiger partial charge in [-0.2, -0.15) is 0 Å². The molecule has 0 bridgehead atoms. The largest absolute Gasteiger partial charge is 0.478 e. The first kappa shape index (κ1) is 15.5. The van der Waals surface area contributed by atoms with Gasteiger partial charge in [0.2, 0.25) is 10.0 Å². The Morgan fingerprint density at radius 1 is 1.37 bits per heavy atom. The Morgan fingerprint density at radius 3 is 2.58 bits per heavy atom. The predicted octanol–water partition coefficient (Wildman–Crippen LogP) is 1.50.